The number of aryl methyl sites for hydroxylation is 1. The van der Waals surface area contributed by atoms with Crippen LogP contribution in [0.4, 0.5) is 0 Å². The molecule has 0 unspecified atom stereocenters. The van der Waals surface area contributed by atoms with Crippen LogP contribution in [0.2, 0.25) is 5.04 Å². The third-order valence-electron chi connectivity index (χ3n) is 5.62. The fourth-order valence-corrected chi connectivity index (χ4v) is 8.76. The minimum absolute atomic E-state index is 0.0386. The molecule has 0 fully saturated rings. The summed E-state index contributed by atoms with van der Waals surface area (Å²) in [5, 5.41) is 2.55. The van der Waals surface area contributed by atoms with Gasteiger partial charge in [-0.15, -0.1) is 5.92 Å². The van der Waals surface area contributed by atoms with Crippen molar-refractivity contribution in [2.45, 2.75) is 39.2 Å². The van der Waals surface area contributed by atoms with Crippen molar-refractivity contribution in [2.75, 3.05) is 6.61 Å². The highest BCUT2D eigenvalue weighted by molar-refractivity contribution is 6.99. The molecule has 3 nitrogen and oxygen atoms in total. The lowest BCUT2D eigenvalue weighted by Gasteiger charge is -2.43. The smallest absolute Gasteiger partial charge is 0.261 e. The van der Waals surface area contributed by atoms with E-state index in [1.165, 1.54) is 10.4 Å². The first-order valence-electron chi connectivity index (χ1n) is 10.5. The van der Waals surface area contributed by atoms with Crippen molar-refractivity contribution < 1.29 is 4.43 Å². The Balaban J connectivity index is 2.01. The molecule has 156 valence electrons. The first-order valence-corrected chi connectivity index (χ1v) is 12.4. The van der Waals surface area contributed by atoms with Gasteiger partial charge >= 0.3 is 0 Å². The van der Waals surface area contributed by atoms with Crippen LogP contribution in [0.5, 0.6) is 0 Å². The van der Waals surface area contributed by atoms with Crippen molar-refractivity contribution in [3.8, 4) is 11.8 Å². The third-order valence-corrected chi connectivity index (χ3v) is 10.6. The molecule has 0 N–H and O–H groups in total. The largest absolute Gasteiger partial charge is 0.406 e. The summed E-state index contributed by atoms with van der Waals surface area (Å²) < 4.78 is 9.13. The van der Waals surface area contributed by atoms with E-state index in [0.29, 0.717) is 6.61 Å². The van der Waals surface area contributed by atoms with Gasteiger partial charge in [0.25, 0.3) is 8.32 Å². The molecule has 0 bridgehead atoms. The van der Waals surface area contributed by atoms with Crippen molar-refractivity contribution in [2.24, 2.45) is 13.0 Å². The van der Waals surface area contributed by atoms with Gasteiger partial charge in [0, 0.05) is 38.4 Å². The number of hydrogen-bond acceptors (Lipinski definition) is 2. The zero-order valence-electron chi connectivity index (χ0n) is 18.7. The number of nitrogens with zero attached hydrogens (tertiary/aromatic N) is 2. The topological polar surface area (TPSA) is 27.1 Å². The summed E-state index contributed by atoms with van der Waals surface area (Å²) in [5.41, 5.74) is 0. The SMILES string of the molecule is CC#C[C@H](CO[Si](c1ccccc1)(c1ccccc1)C(C)(C)C)Cc1nccn1C. The Morgan fingerprint density at radius 3 is 2.00 bits per heavy atom. The molecule has 1 atom stereocenters. The molecule has 4 heteroatoms. The molecule has 0 aliphatic rings. The zero-order chi connectivity index (χ0) is 21.6. The highest BCUT2D eigenvalue weighted by Crippen LogP contribution is 2.37. The minimum Gasteiger partial charge on any atom is -0.406 e. The van der Waals surface area contributed by atoms with E-state index in [1.807, 2.05) is 26.4 Å². The predicted octanol–water partition coefficient (Wildman–Crippen LogP) is 4.18. The molecule has 0 aliphatic heterocycles. The Morgan fingerprint density at radius 2 is 1.57 bits per heavy atom. The van der Waals surface area contributed by atoms with Crippen LogP contribution in [0.3, 0.4) is 0 Å². The molecule has 30 heavy (non-hydrogen) atoms. The van der Waals surface area contributed by atoms with E-state index < -0.39 is 8.32 Å². The normalized spacial score (nSPS) is 12.8. The maximum absolute atomic E-state index is 7.07. The van der Waals surface area contributed by atoms with Gasteiger partial charge in [-0.3, -0.25) is 0 Å². The maximum Gasteiger partial charge on any atom is 0.261 e. The first-order chi connectivity index (χ1) is 14.4. The Bertz CT molecular complexity index is 955. The fourth-order valence-electron chi connectivity index (χ4n) is 4.16. The number of imidazole rings is 1. The van der Waals surface area contributed by atoms with E-state index in [9.17, 15) is 0 Å². The van der Waals surface area contributed by atoms with Crippen molar-refractivity contribution in [3.63, 3.8) is 0 Å². The molecule has 0 amide bonds. The van der Waals surface area contributed by atoms with E-state index in [-0.39, 0.29) is 11.0 Å². The van der Waals surface area contributed by atoms with Crippen LogP contribution in [0, 0.1) is 17.8 Å². The van der Waals surface area contributed by atoms with Crippen molar-refractivity contribution in [1.82, 2.24) is 9.55 Å². The quantitative estimate of drug-likeness (QED) is 0.427. The second-order valence-corrected chi connectivity index (χ2v) is 13.0. The van der Waals surface area contributed by atoms with E-state index >= 15 is 0 Å². The molecule has 1 heterocycles. The third kappa shape index (κ3) is 4.58. The summed E-state index contributed by atoms with van der Waals surface area (Å²) >= 11 is 0. The average Bonchev–Trinajstić information content (AvgIpc) is 3.13. The van der Waals surface area contributed by atoms with Gasteiger partial charge in [0.15, 0.2) is 0 Å². The predicted molar refractivity (Wildman–Crippen MR) is 127 cm³/mol. The molecular formula is C26H32N2OSi. The molecule has 0 radical (unpaired) electrons. The van der Waals surface area contributed by atoms with Crippen LogP contribution >= 0.6 is 0 Å². The monoisotopic (exact) mass is 416 g/mol. The summed E-state index contributed by atoms with van der Waals surface area (Å²) in [7, 11) is -0.521. The lowest BCUT2D eigenvalue weighted by molar-refractivity contribution is 0.261. The molecule has 3 aromatic rings. The van der Waals surface area contributed by atoms with Crippen LogP contribution < -0.4 is 10.4 Å². The summed E-state index contributed by atoms with van der Waals surface area (Å²) in [5.74, 6) is 7.60. The van der Waals surface area contributed by atoms with Gasteiger partial charge < -0.3 is 8.99 Å². The van der Waals surface area contributed by atoms with E-state index in [1.54, 1.807) is 0 Å². The summed E-state index contributed by atoms with van der Waals surface area (Å²) in [6, 6.07) is 21.5. The highest BCUT2D eigenvalue weighted by Gasteiger charge is 2.50. The highest BCUT2D eigenvalue weighted by atomic mass is 28.4. The zero-order valence-corrected chi connectivity index (χ0v) is 19.7. The molecule has 1 aromatic heterocycles. The van der Waals surface area contributed by atoms with Gasteiger partial charge in [0.05, 0.1) is 0 Å². The minimum atomic E-state index is -2.55. The van der Waals surface area contributed by atoms with E-state index in [0.717, 1.165) is 12.2 Å². The van der Waals surface area contributed by atoms with E-state index in [4.69, 9.17) is 4.43 Å². The Morgan fingerprint density at radius 1 is 1.00 bits per heavy atom. The van der Waals surface area contributed by atoms with Gasteiger partial charge in [-0.25, -0.2) is 4.98 Å². The summed E-state index contributed by atoms with van der Waals surface area (Å²) in [6.45, 7) is 9.39. The number of rotatable bonds is 7. The molecule has 0 saturated heterocycles. The molecule has 0 spiro atoms. The first kappa shape index (κ1) is 22.1. The van der Waals surface area contributed by atoms with Gasteiger partial charge in [0.1, 0.15) is 5.82 Å². The number of aromatic nitrogens is 2. The Hall–Kier alpha value is -2.61. The Kier molecular flexibility index (Phi) is 6.97. The molecule has 3 rings (SSSR count). The molecule has 0 saturated carbocycles. The van der Waals surface area contributed by atoms with Gasteiger partial charge in [-0.1, -0.05) is 87.4 Å². The second-order valence-electron chi connectivity index (χ2n) is 8.72. The number of benzene rings is 2. The molecular weight excluding hydrogens is 384 g/mol. The van der Waals surface area contributed by atoms with Crippen molar-refractivity contribution >= 4 is 18.7 Å². The summed E-state index contributed by atoms with van der Waals surface area (Å²) in [6.07, 6.45) is 4.60. The van der Waals surface area contributed by atoms with Crippen LogP contribution in [0.1, 0.15) is 33.5 Å². The second kappa shape index (κ2) is 9.47. The Labute approximate surface area is 182 Å². The number of hydrogen-bond donors (Lipinski definition) is 0. The van der Waals surface area contributed by atoms with Crippen LogP contribution in [-0.4, -0.2) is 24.5 Å². The average molecular weight is 417 g/mol. The van der Waals surface area contributed by atoms with E-state index in [2.05, 4.69) is 103 Å². The fraction of sp³-hybridized carbons (Fsp3) is 0.346. The van der Waals surface area contributed by atoms with Gasteiger partial charge in [0.2, 0.25) is 0 Å². The van der Waals surface area contributed by atoms with Crippen LogP contribution in [-0.2, 0) is 17.9 Å². The van der Waals surface area contributed by atoms with Crippen LogP contribution in [0.15, 0.2) is 73.1 Å². The lowest BCUT2D eigenvalue weighted by atomic mass is 10.1. The lowest BCUT2D eigenvalue weighted by Crippen LogP contribution is -2.66. The van der Waals surface area contributed by atoms with Crippen LogP contribution in [0.25, 0.3) is 0 Å². The maximum atomic E-state index is 7.07. The molecule has 2 aromatic carbocycles. The summed E-state index contributed by atoms with van der Waals surface area (Å²) in [4.78, 5) is 4.50. The standard InChI is InChI=1S/C26H32N2OSi/c1-6-13-22(20-25-27-18-19-28(25)5)21-29-30(26(2,3)4,23-14-9-7-10-15-23)24-16-11-8-12-17-24/h7-12,14-19,22H,20-21H2,1-5H3/t22-/m0/s1. The van der Waals surface area contributed by atoms with Crippen molar-refractivity contribution in [3.05, 3.63) is 78.9 Å². The van der Waals surface area contributed by atoms with Crippen molar-refractivity contribution in [1.29, 1.82) is 0 Å². The van der Waals surface area contributed by atoms with Gasteiger partial charge in [-0.2, -0.15) is 0 Å². The molecule has 0 aliphatic carbocycles. The van der Waals surface area contributed by atoms with Gasteiger partial charge in [-0.05, 0) is 22.3 Å².